The lowest BCUT2D eigenvalue weighted by Crippen LogP contribution is -2.53. The Bertz CT molecular complexity index is 770. The number of carbonyl (C=O) groups is 4. The van der Waals surface area contributed by atoms with Gasteiger partial charge >= 0.3 is 25.0 Å². The molecule has 11 nitrogen and oxygen atoms in total. The molecule has 1 aliphatic heterocycles. The Hall–Kier alpha value is -2.99. The van der Waals surface area contributed by atoms with Crippen molar-refractivity contribution in [3.8, 4) is 0 Å². The first-order valence-corrected chi connectivity index (χ1v) is 7.98. The third kappa shape index (κ3) is 5.25. The second-order valence-electron chi connectivity index (χ2n) is 5.98. The number of aliphatic carboxylic acids is 1. The Morgan fingerprint density at radius 3 is 2.44 bits per heavy atom. The molecule has 2 heterocycles. The fraction of sp³-hybridized carbons (Fsp3) is 0.400. The van der Waals surface area contributed by atoms with E-state index in [1.165, 1.54) is 6.07 Å². The van der Waals surface area contributed by atoms with Gasteiger partial charge in [-0.25, -0.2) is 14.6 Å². The van der Waals surface area contributed by atoms with Gasteiger partial charge in [-0.05, 0) is 24.5 Å². The maximum absolute atomic E-state index is 12.2. The summed E-state index contributed by atoms with van der Waals surface area (Å²) in [7, 11) is -1.40. The van der Waals surface area contributed by atoms with Crippen LogP contribution in [0.3, 0.4) is 0 Å². The summed E-state index contributed by atoms with van der Waals surface area (Å²) in [5, 5.41) is 39.4. The number of hydrogen-bond donors (Lipinski definition) is 5. The molecule has 1 aromatic rings. The summed E-state index contributed by atoms with van der Waals surface area (Å²) in [6.07, 6.45) is 0.303. The van der Waals surface area contributed by atoms with Gasteiger partial charge in [0.05, 0.1) is 30.5 Å². The number of carboxylic acid groups (broad SMARTS) is 3. The van der Waals surface area contributed by atoms with Crippen molar-refractivity contribution in [3.05, 3.63) is 29.1 Å². The molecule has 0 aromatic carbocycles. The van der Waals surface area contributed by atoms with Crippen molar-refractivity contribution >= 4 is 30.9 Å². The molecule has 0 saturated carbocycles. The van der Waals surface area contributed by atoms with E-state index in [0.717, 1.165) is 6.20 Å². The Kier molecular flexibility index (Phi) is 6.47. The van der Waals surface area contributed by atoms with Gasteiger partial charge < -0.3 is 30.3 Å². The molecule has 2 atom stereocenters. The zero-order chi connectivity index (χ0) is 20.1. The molecular formula is C15H17BN2O9. The first-order valence-electron chi connectivity index (χ1n) is 7.98. The molecule has 2 unspecified atom stereocenters. The van der Waals surface area contributed by atoms with Crippen LogP contribution in [0.2, 0.25) is 0 Å². The lowest BCUT2D eigenvalue weighted by atomic mass is 9.72. The van der Waals surface area contributed by atoms with Gasteiger partial charge in [-0.2, -0.15) is 0 Å². The van der Waals surface area contributed by atoms with E-state index in [2.05, 4.69) is 10.3 Å². The number of carbonyl (C=O) groups excluding carboxylic acids is 1. The van der Waals surface area contributed by atoms with Crippen LogP contribution in [-0.2, 0) is 20.7 Å². The molecule has 1 aromatic heterocycles. The Balaban J connectivity index is 2.04. The van der Waals surface area contributed by atoms with Crippen molar-refractivity contribution in [2.24, 2.45) is 0 Å². The fourth-order valence-corrected chi connectivity index (χ4v) is 2.84. The van der Waals surface area contributed by atoms with Gasteiger partial charge in [0, 0.05) is 6.20 Å². The Labute approximate surface area is 153 Å². The molecule has 5 N–H and O–H groups in total. The SMILES string of the molecule is O=C(O)CC1CCC(NC(=O)Cc2ccnc(C(=O)O)c2C(=O)O)B(O)O1. The highest BCUT2D eigenvalue weighted by Crippen LogP contribution is 2.19. The van der Waals surface area contributed by atoms with E-state index >= 15 is 0 Å². The average Bonchev–Trinajstić information content (AvgIpc) is 2.56. The highest BCUT2D eigenvalue weighted by atomic mass is 16.5. The number of nitrogens with zero attached hydrogens (tertiary/aromatic N) is 1. The molecule has 144 valence electrons. The van der Waals surface area contributed by atoms with E-state index in [1.807, 2.05) is 0 Å². The van der Waals surface area contributed by atoms with Crippen LogP contribution in [0.25, 0.3) is 0 Å². The third-order valence-corrected chi connectivity index (χ3v) is 4.03. The highest BCUT2D eigenvalue weighted by Gasteiger charge is 2.36. The van der Waals surface area contributed by atoms with Crippen molar-refractivity contribution < 1.29 is 44.2 Å². The van der Waals surface area contributed by atoms with Crippen LogP contribution in [0.1, 0.15) is 45.7 Å². The third-order valence-electron chi connectivity index (χ3n) is 4.03. The number of pyridine rings is 1. The topological polar surface area (TPSA) is 183 Å². The van der Waals surface area contributed by atoms with Crippen LogP contribution in [0.15, 0.2) is 12.3 Å². The summed E-state index contributed by atoms with van der Waals surface area (Å²) in [6.45, 7) is 0. The van der Waals surface area contributed by atoms with Gasteiger partial charge in [-0.1, -0.05) is 0 Å². The number of amides is 1. The van der Waals surface area contributed by atoms with E-state index in [1.54, 1.807) is 0 Å². The maximum atomic E-state index is 12.2. The number of nitrogens with one attached hydrogen (secondary N) is 1. The van der Waals surface area contributed by atoms with E-state index in [0.29, 0.717) is 6.42 Å². The van der Waals surface area contributed by atoms with Crippen molar-refractivity contribution in [1.29, 1.82) is 0 Å². The van der Waals surface area contributed by atoms with Gasteiger partial charge in [-0.3, -0.25) is 9.59 Å². The van der Waals surface area contributed by atoms with E-state index in [4.69, 9.17) is 14.9 Å². The van der Waals surface area contributed by atoms with Crippen LogP contribution in [0.4, 0.5) is 0 Å². The number of aromatic nitrogens is 1. The van der Waals surface area contributed by atoms with Crippen molar-refractivity contribution in [1.82, 2.24) is 10.3 Å². The molecule has 2 rings (SSSR count). The van der Waals surface area contributed by atoms with Crippen LogP contribution >= 0.6 is 0 Å². The van der Waals surface area contributed by atoms with Crippen molar-refractivity contribution in [3.63, 3.8) is 0 Å². The van der Waals surface area contributed by atoms with Crippen molar-refractivity contribution in [2.75, 3.05) is 0 Å². The molecule has 27 heavy (non-hydrogen) atoms. The molecule has 12 heteroatoms. The average molecular weight is 380 g/mol. The summed E-state index contributed by atoms with van der Waals surface area (Å²) in [5.41, 5.74) is -1.30. The van der Waals surface area contributed by atoms with Crippen molar-refractivity contribution in [2.45, 2.75) is 37.7 Å². The highest BCUT2D eigenvalue weighted by molar-refractivity contribution is 6.45. The molecule has 0 spiro atoms. The first kappa shape index (κ1) is 20.3. The normalized spacial score (nSPS) is 19.4. The minimum absolute atomic E-state index is 0.0395. The molecular weight excluding hydrogens is 363 g/mol. The van der Waals surface area contributed by atoms with Crippen LogP contribution < -0.4 is 5.32 Å². The van der Waals surface area contributed by atoms with E-state index in [-0.39, 0.29) is 18.4 Å². The van der Waals surface area contributed by atoms with Gasteiger partial charge in [0.25, 0.3) is 0 Å². The molecule has 1 amide bonds. The summed E-state index contributed by atoms with van der Waals surface area (Å²) in [4.78, 5) is 48.9. The lowest BCUT2D eigenvalue weighted by Gasteiger charge is -2.30. The standard InChI is InChI=1S/C15H17BN2O9/c19-10(18-9-2-1-8(6-11(20)21)27-16(9)26)5-7-3-4-17-13(15(24)25)12(7)14(22)23/h3-4,8-9,26H,1-2,5-6H2,(H,18,19)(H,20,21)(H,22,23)(H,24,25). The minimum atomic E-state index is -1.53. The number of rotatable bonds is 7. The summed E-state index contributed by atoms with van der Waals surface area (Å²) >= 11 is 0. The fourth-order valence-electron chi connectivity index (χ4n) is 2.84. The minimum Gasteiger partial charge on any atom is -0.481 e. The molecule has 0 aliphatic carbocycles. The first-order chi connectivity index (χ1) is 12.7. The quantitative estimate of drug-likeness (QED) is 0.375. The van der Waals surface area contributed by atoms with E-state index < -0.39 is 60.7 Å². The van der Waals surface area contributed by atoms with Gasteiger partial charge in [0.1, 0.15) is 0 Å². The summed E-state index contributed by atoms with van der Waals surface area (Å²) < 4.78 is 5.15. The summed E-state index contributed by atoms with van der Waals surface area (Å²) in [5.74, 6) is -5.57. The van der Waals surface area contributed by atoms with Gasteiger partial charge in [0.2, 0.25) is 5.91 Å². The smallest absolute Gasteiger partial charge is 0.478 e. The van der Waals surface area contributed by atoms with Crippen LogP contribution in [0.5, 0.6) is 0 Å². The zero-order valence-electron chi connectivity index (χ0n) is 14.0. The predicted molar refractivity (Wildman–Crippen MR) is 88.1 cm³/mol. The van der Waals surface area contributed by atoms with Gasteiger partial charge in [-0.15, -0.1) is 0 Å². The second kappa shape index (κ2) is 8.60. The number of aromatic carboxylic acids is 2. The number of carboxylic acids is 3. The largest absolute Gasteiger partial charge is 0.481 e. The monoisotopic (exact) mass is 380 g/mol. The van der Waals surface area contributed by atoms with Crippen LogP contribution in [-0.4, -0.2) is 68.3 Å². The predicted octanol–water partition coefficient (Wildman–Crippen LogP) is -0.821. The van der Waals surface area contributed by atoms with E-state index in [9.17, 15) is 29.3 Å². The van der Waals surface area contributed by atoms with Crippen LogP contribution in [0, 0.1) is 0 Å². The maximum Gasteiger partial charge on any atom is 0.478 e. The lowest BCUT2D eigenvalue weighted by molar-refractivity contribution is -0.139. The Morgan fingerprint density at radius 2 is 1.89 bits per heavy atom. The van der Waals surface area contributed by atoms with Gasteiger partial charge in [0.15, 0.2) is 5.69 Å². The molecule has 1 fully saturated rings. The Morgan fingerprint density at radius 1 is 1.19 bits per heavy atom. The number of hydrogen-bond acceptors (Lipinski definition) is 7. The molecule has 1 aliphatic rings. The molecule has 1 saturated heterocycles. The summed E-state index contributed by atoms with van der Waals surface area (Å²) in [6, 6.07) is 1.23. The molecule has 0 radical (unpaired) electrons. The molecule has 0 bridgehead atoms. The zero-order valence-corrected chi connectivity index (χ0v) is 14.0. The second-order valence-corrected chi connectivity index (χ2v) is 5.98.